The van der Waals surface area contributed by atoms with Gasteiger partial charge in [-0.05, 0) is 54.5 Å². The Morgan fingerprint density at radius 2 is 1.36 bits per heavy atom. The van der Waals surface area contributed by atoms with E-state index in [-0.39, 0.29) is 0 Å². The fraction of sp³-hybridized carbons (Fsp3) is 0.125. The van der Waals surface area contributed by atoms with E-state index >= 15 is 0 Å². The Kier molecular flexibility index (Phi) is 3.85. The fourth-order valence-electron chi connectivity index (χ4n) is 3.59. The summed E-state index contributed by atoms with van der Waals surface area (Å²) in [5.74, 6) is 0. The molecule has 0 aliphatic heterocycles. The van der Waals surface area contributed by atoms with E-state index in [2.05, 4.69) is 92.5 Å². The van der Waals surface area contributed by atoms with Crippen molar-refractivity contribution in [2.75, 3.05) is 0 Å². The van der Waals surface area contributed by atoms with Gasteiger partial charge in [-0.25, -0.2) is 0 Å². The van der Waals surface area contributed by atoms with E-state index < -0.39 is 0 Å². The Hall–Kier alpha value is -2.93. The van der Waals surface area contributed by atoms with Crippen molar-refractivity contribution in [2.24, 2.45) is 0 Å². The Morgan fingerprint density at radius 3 is 2.08 bits per heavy atom. The summed E-state index contributed by atoms with van der Waals surface area (Å²) in [6, 6.07) is 23.9. The van der Waals surface area contributed by atoms with Crippen LogP contribution in [0, 0.1) is 20.8 Å². The van der Waals surface area contributed by atoms with Crippen LogP contribution >= 0.6 is 0 Å². The smallest absolute Gasteiger partial charge is 0.0780 e. The summed E-state index contributed by atoms with van der Waals surface area (Å²) in [7, 11) is 0. The van der Waals surface area contributed by atoms with Crippen LogP contribution in [0.4, 0.5) is 0 Å². The molecule has 0 atom stereocenters. The Labute approximate surface area is 149 Å². The van der Waals surface area contributed by atoms with Crippen LogP contribution in [-0.2, 0) is 0 Å². The van der Waals surface area contributed by atoms with Crippen LogP contribution in [0.1, 0.15) is 16.7 Å². The molecule has 0 amide bonds. The molecular weight excluding hydrogens is 302 g/mol. The third-order valence-corrected chi connectivity index (χ3v) is 4.85. The molecule has 0 unspecified atom stereocenters. The Bertz CT molecular complexity index is 1040. The van der Waals surface area contributed by atoms with Crippen molar-refractivity contribution < 1.29 is 0 Å². The maximum absolute atomic E-state index is 4.64. The molecular formula is C24H21N. The summed E-state index contributed by atoms with van der Waals surface area (Å²) in [6.45, 7) is 6.47. The largest absolute Gasteiger partial charge is 0.256 e. The molecule has 0 saturated heterocycles. The summed E-state index contributed by atoms with van der Waals surface area (Å²) in [5.41, 5.74) is 8.69. The standard InChI is InChI=1S/C24H21N/c1-16-7-12-22-21(15-16)13-14-25-24(22)20-10-8-19(9-11-20)23-17(2)5-4-6-18(23)3/h4-15H,1-3H3. The van der Waals surface area contributed by atoms with Gasteiger partial charge in [0.2, 0.25) is 0 Å². The molecule has 0 aliphatic rings. The minimum atomic E-state index is 1.05. The van der Waals surface area contributed by atoms with Gasteiger partial charge in [-0.3, -0.25) is 4.98 Å². The highest BCUT2D eigenvalue weighted by atomic mass is 14.7. The molecule has 4 rings (SSSR count). The topological polar surface area (TPSA) is 12.9 Å². The van der Waals surface area contributed by atoms with Crippen molar-refractivity contribution in [1.82, 2.24) is 4.98 Å². The second-order valence-electron chi connectivity index (χ2n) is 6.73. The number of nitrogens with zero attached hydrogens (tertiary/aromatic N) is 1. The first kappa shape index (κ1) is 15.6. The highest BCUT2D eigenvalue weighted by molar-refractivity contribution is 5.95. The third-order valence-electron chi connectivity index (χ3n) is 4.85. The van der Waals surface area contributed by atoms with E-state index in [1.807, 2.05) is 6.20 Å². The molecule has 1 aromatic heterocycles. The molecule has 0 saturated carbocycles. The molecule has 1 heteroatoms. The second kappa shape index (κ2) is 6.18. The lowest BCUT2D eigenvalue weighted by atomic mass is 9.94. The molecule has 0 aliphatic carbocycles. The van der Waals surface area contributed by atoms with Gasteiger partial charge in [0, 0.05) is 17.1 Å². The summed E-state index contributed by atoms with van der Waals surface area (Å²) < 4.78 is 0. The maximum atomic E-state index is 4.64. The zero-order valence-corrected chi connectivity index (χ0v) is 14.9. The molecule has 0 spiro atoms. The quantitative estimate of drug-likeness (QED) is 0.410. The molecule has 0 radical (unpaired) electrons. The summed E-state index contributed by atoms with van der Waals surface area (Å²) in [5, 5.41) is 2.44. The number of hydrogen-bond acceptors (Lipinski definition) is 1. The first-order chi connectivity index (χ1) is 12.1. The van der Waals surface area contributed by atoms with E-state index in [1.54, 1.807) is 0 Å². The predicted octanol–water partition coefficient (Wildman–Crippen LogP) is 6.49. The third kappa shape index (κ3) is 2.83. The number of benzene rings is 3. The monoisotopic (exact) mass is 323 g/mol. The van der Waals surface area contributed by atoms with Gasteiger partial charge in [0.25, 0.3) is 0 Å². The average Bonchev–Trinajstić information content (AvgIpc) is 2.61. The van der Waals surface area contributed by atoms with Crippen molar-refractivity contribution >= 4 is 10.8 Å². The highest BCUT2D eigenvalue weighted by Gasteiger charge is 2.08. The molecule has 4 aromatic rings. The Balaban J connectivity index is 1.81. The van der Waals surface area contributed by atoms with Gasteiger partial charge in [-0.1, -0.05) is 66.2 Å². The zero-order chi connectivity index (χ0) is 17.4. The molecule has 3 aromatic carbocycles. The van der Waals surface area contributed by atoms with Gasteiger partial charge in [0.15, 0.2) is 0 Å². The van der Waals surface area contributed by atoms with Gasteiger partial charge in [-0.2, -0.15) is 0 Å². The van der Waals surface area contributed by atoms with E-state index in [0.29, 0.717) is 0 Å². The number of rotatable bonds is 2. The van der Waals surface area contributed by atoms with Gasteiger partial charge in [0.05, 0.1) is 5.69 Å². The SMILES string of the molecule is Cc1ccc2c(-c3ccc(-c4c(C)cccc4C)cc3)nccc2c1. The van der Waals surface area contributed by atoms with Crippen LogP contribution < -0.4 is 0 Å². The second-order valence-corrected chi connectivity index (χ2v) is 6.73. The van der Waals surface area contributed by atoms with Crippen LogP contribution in [0.5, 0.6) is 0 Å². The van der Waals surface area contributed by atoms with Crippen LogP contribution in [-0.4, -0.2) is 4.98 Å². The molecule has 0 bridgehead atoms. The maximum Gasteiger partial charge on any atom is 0.0780 e. The summed E-state index contributed by atoms with van der Waals surface area (Å²) in [6.07, 6.45) is 1.90. The molecule has 1 heterocycles. The van der Waals surface area contributed by atoms with Gasteiger partial charge >= 0.3 is 0 Å². The van der Waals surface area contributed by atoms with Crippen LogP contribution in [0.25, 0.3) is 33.2 Å². The number of aryl methyl sites for hydroxylation is 3. The lowest BCUT2D eigenvalue weighted by Gasteiger charge is -2.11. The average molecular weight is 323 g/mol. The van der Waals surface area contributed by atoms with Crippen LogP contribution in [0.2, 0.25) is 0 Å². The van der Waals surface area contributed by atoms with Crippen molar-refractivity contribution in [3.63, 3.8) is 0 Å². The highest BCUT2D eigenvalue weighted by Crippen LogP contribution is 2.31. The molecule has 25 heavy (non-hydrogen) atoms. The van der Waals surface area contributed by atoms with E-state index in [0.717, 1.165) is 11.3 Å². The number of fused-ring (bicyclic) bond motifs is 1. The van der Waals surface area contributed by atoms with Crippen molar-refractivity contribution in [2.45, 2.75) is 20.8 Å². The van der Waals surface area contributed by atoms with Crippen LogP contribution in [0.15, 0.2) is 72.9 Å². The zero-order valence-electron chi connectivity index (χ0n) is 14.9. The normalized spacial score (nSPS) is 11.0. The van der Waals surface area contributed by atoms with E-state index in [1.165, 1.54) is 38.6 Å². The molecule has 0 fully saturated rings. The number of aromatic nitrogens is 1. The number of pyridine rings is 1. The predicted molar refractivity (Wildman–Crippen MR) is 107 cm³/mol. The minimum absolute atomic E-state index is 1.05. The summed E-state index contributed by atoms with van der Waals surface area (Å²) in [4.78, 5) is 4.64. The molecule has 1 nitrogen and oxygen atoms in total. The molecule has 122 valence electrons. The van der Waals surface area contributed by atoms with Gasteiger partial charge < -0.3 is 0 Å². The summed E-state index contributed by atoms with van der Waals surface area (Å²) >= 11 is 0. The minimum Gasteiger partial charge on any atom is -0.256 e. The van der Waals surface area contributed by atoms with Crippen LogP contribution in [0.3, 0.4) is 0 Å². The lowest BCUT2D eigenvalue weighted by molar-refractivity contribution is 1.35. The fourth-order valence-corrected chi connectivity index (χ4v) is 3.59. The molecule has 0 N–H and O–H groups in total. The first-order valence-electron chi connectivity index (χ1n) is 8.66. The van der Waals surface area contributed by atoms with Crippen molar-refractivity contribution in [3.05, 3.63) is 89.6 Å². The van der Waals surface area contributed by atoms with Crippen molar-refractivity contribution in [3.8, 4) is 22.4 Å². The van der Waals surface area contributed by atoms with E-state index in [9.17, 15) is 0 Å². The van der Waals surface area contributed by atoms with Gasteiger partial charge in [0.1, 0.15) is 0 Å². The lowest BCUT2D eigenvalue weighted by Crippen LogP contribution is -1.89. The Morgan fingerprint density at radius 1 is 0.680 bits per heavy atom. The van der Waals surface area contributed by atoms with E-state index in [4.69, 9.17) is 0 Å². The number of hydrogen-bond donors (Lipinski definition) is 0. The van der Waals surface area contributed by atoms with Gasteiger partial charge in [-0.15, -0.1) is 0 Å². The van der Waals surface area contributed by atoms with Crippen molar-refractivity contribution in [1.29, 1.82) is 0 Å². The first-order valence-corrected chi connectivity index (χ1v) is 8.66.